The van der Waals surface area contributed by atoms with Crippen molar-refractivity contribution in [2.75, 3.05) is 7.11 Å². The molecule has 0 aliphatic heterocycles. The summed E-state index contributed by atoms with van der Waals surface area (Å²) in [7, 11) is 1.56. The number of ether oxygens (including phenoxy) is 2. The van der Waals surface area contributed by atoms with E-state index in [9.17, 15) is 9.65 Å². The molecule has 29 heavy (non-hydrogen) atoms. The second-order valence-electron chi connectivity index (χ2n) is 6.12. The van der Waals surface area contributed by atoms with Crippen LogP contribution < -0.4 is 9.47 Å². The maximum Gasteiger partial charge on any atom is 0.162 e. The van der Waals surface area contributed by atoms with Crippen LogP contribution in [0.4, 0.5) is 4.39 Å². The number of methoxy groups -OCH3 is 1. The minimum atomic E-state index is -0.392. The summed E-state index contributed by atoms with van der Waals surface area (Å²) in [5.74, 6) is 0.716. The zero-order chi connectivity index (χ0) is 20.8. The molecule has 0 fully saturated rings. The van der Waals surface area contributed by atoms with Crippen LogP contribution in [-0.2, 0) is 6.61 Å². The Labute approximate surface area is 185 Å². The zero-order valence-corrected chi connectivity index (χ0v) is 18.6. The molecule has 6 heteroatoms. The molecule has 0 spiro atoms. The summed E-state index contributed by atoms with van der Waals surface area (Å²) in [4.78, 5) is 0. The molecular formula is C23H16Br2FNO2. The molecule has 3 aromatic rings. The van der Waals surface area contributed by atoms with E-state index < -0.39 is 5.82 Å². The van der Waals surface area contributed by atoms with Crippen molar-refractivity contribution in [3.8, 4) is 17.6 Å². The van der Waals surface area contributed by atoms with Gasteiger partial charge in [0, 0.05) is 8.95 Å². The van der Waals surface area contributed by atoms with E-state index in [0.29, 0.717) is 29.2 Å². The van der Waals surface area contributed by atoms with E-state index >= 15 is 0 Å². The van der Waals surface area contributed by atoms with Crippen molar-refractivity contribution in [1.82, 2.24) is 0 Å². The van der Waals surface area contributed by atoms with Gasteiger partial charge >= 0.3 is 0 Å². The standard InChI is InChI=1S/C23H16Br2FNO2/c1-28-22-11-17(9-18(13-27)16-3-2-4-20(26)10-16)21(25)12-23(22)29-14-15-5-7-19(24)8-6-15/h2-12H,14H2,1H3/b18-9-. The van der Waals surface area contributed by atoms with Gasteiger partial charge in [-0.3, -0.25) is 0 Å². The Morgan fingerprint density at radius 3 is 2.48 bits per heavy atom. The molecule has 0 bridgehead atoms. The van der Waals surface area contributed by atoms with Crippen molar-refractivity contribution < 1.29 is 13.9 Å². The second kappa shape index (κ2) is 9.73. The zero-order valence-electron chi connectivity index (χ0n) is 15.5. The van der Waals surface area contributed by atoms with Crippen LogP contribution in [0.2, 0.25) is 0 Å². The average Bonchev–Trinajstić information content (AvgIpc) is 2.72. The highest BCUT2D eigenvalue weighted by Crippen LogP contribution is 2.36. The molecule has 0 heterocycles. The van der Waals surface area contributed by atoms with Crippen LogP contribution in [0.5, 0.6) is 11.5 Å². The molecule has 146 valence electrons. The normalized spacial score (nSPS) is 11.1. The first-order chi connectivity index (χ1) is 14.0. The number of nitrogens with zero attached hydrogens (tertiary/aromatic N) is 1. The molecule has 0 aliphatic carbocycles. The van der Waals surface area contributed by atoms with Crippen LogP contribution in [0.1, 0.15) is 16.7 Å². The van der Waals surface area contributed by atoms with Crippen LogP contribution >= 0.6 is 31.9 Å². The Kier molecular flexibility index (Phi) is 7.08. The SMILES string of the molecule is COc1cc(/C=C(/C#N)c2cccc(F)c2)c(Br)cc1OCc1ccc(Br)cc1. The van der Waals surface area contributed by atoms with E-state index in [0.717, 1.165) is 20.1 Å². The molecular weight excluding hydrogens is 501 g/mol. The number of allylic oxidation sites excluding steroid dienone is 1. The number of halogens is 3. The third kappa shape index (κ3) is 5.47. The topological polar surface area (TPSA) is 42.2 Å². The monoisotopic (exact) mass is 515 g/mol. The third-order valence-electron chi connectivity index (χ3n) is 4.15. The number of rotatable bonds is 6. The van der Waals surface area contributed by atoms with Gasteiger partial charge in [-0.15, -0.1) is 0 Å². The highest BCUT2D eigenvalue weighted by Gasteiger charge is 2.11. The molecule has 0 radical (unpaired) electrons. The van der Waals surface area contributed by atoms with E-state index in [2.05, 4.69) is 37.9 Å². The fourth-order valence-electron chi connectivity index (χ4n) is 2.67. The van der Waals surface area contributed by atoms with Crippen molar-refractivity contribution in [2.24, 2.45) is 0 Å². The second-order valence-corrected chi connectivity index (χ2v) is 7.89. The van der Waals surface area contributed by atoms with E-state index in [1.54, 1.807) is 37.5 Å². The first kappa shape index (κ1) is 21.1. The lowest BCUT2D eigenvalue weighted by atomic mass is 10.0. The molecule has 0 amide bonds. The van der Waals surface area contributed by atoms with Crippen molar-refractivity contribution in [1.29, 1.82) is 5.26 Å². The molecule has 3 nitrogen and oxygen atoms in total. The Bertz CT molecular complexity index is 1090. The predicted octanol–water partition coefficient (Wildman–Crippen LogP) is 7.00. The van der Waals surface area contributed by atoms with Crippen LogP contribution in [0.15, 0.2) is 69.6 Å². The Morgan fingerprint density at radius 2 is 1.83 bits per heavy atom. The molecule has 0 aliphatic rings. The van der Waals surface area contributed by atoms with E-state index in [1.165, 1.54) is 12.1 Å². The molecule has 0 saturated heterocycles. The van der Waals surface area contributed by atoms with Crippen LogP contribution in [-0.4, -0.2) is 7.11 Å². The van der Waals surface area contributed by atoms with Gasteiger partial charge in [0.15, 0.2) is 11.5 Å². The molecule has 0 saturated carbocycles. The minimum Gasteiger partial charge on any atom is -0.493 e. The Morgan fingerprint density at radius 1 is 1.07 bits per heavy atom. The largest absolute Gasteiger partial charge is 0.493 e. The lowest BCUT2D eigenvalue weighted by molar-refractivity contribution is 0.284. The minimum absolute atomic E-state index is 0.343. The van der Waals surface area contributed by atoms with Gasteiger partial charge in [-0.2, -0.15) is 5.26 Å². The summed E-state index contributed by atoms with van der Waals surface area (Å²) in [5, 5.41) is 9.52. The molecule has 3 rings (SSSR count). The first-order valence-electron chi connectivity index (χ1n) is 8.62. The summed E-state index contributed by atoms with van der Waals surface area (Å²) in [6, 6.07) is 19.5. The summed E-state index contributed by atoms with van der Waals surface area (Å²) in [5.41, 5.74) is 2.59. The smallest absolute Gasteiger partial charge is 0.162 e. The predicted molar refractivity (Wildman–Crippen MR) is 119 cm³/mol. The van der Waals surface area contributed by atoms with E-state index in [-0.39, 0.29) is 0 Å². The first-order valence-corrected chi connectivity index (χ1v) is 10.2. The van der Waals surface area contributed by atoms with E-state index in [1.807, 2.05) is 24.3 Å². The van der Waals surface area contributed by atoms with Gasteiger partial charge in [-0.05, 0) is 59.2 Å². The lowest BCUT2D eigenvalue weighted by Gasteiger charge is -2.13. The summed E-state index contributed by atoms with van der Waals surface area (Å²) >= 11 is 6.93. The van der Waals surface area contributed by atoms with Gasteiger partial charge in [0.05, 0.1) is 18.8 Å². The summed E-state index contributed by atoms with van der Waals surface area (Å²) < 4.78 is 26.6. The van der Waals surface area contributed by atoms with E-state index in [4.69, 9.17) is 9.47 Å². The van der Waals surface area contributed by atoms with Crippen LogP contribution in [0.3, 0.4) is 0 Å². The van der Waals surface area contributed by atoms with Gasteiger partial charge in [-0.1, -0.05) is 56.1 Å². The summed E-state index contributed by atoms with van der Waals surface area (Å²) in [6.07, 6.45) is 1.68. The Balaban J connectivity index is 1.89. The lowest BCUT2D eigenvalue weighted by Crippen LogP contribution is -1.98. The molecule has 3 aromatic carbocycles. The van der Waals surface area contributed by atoms with Gasteiger partial charge < -0.3 is 9.47 Å². The highest BCUT2D eigenvalue weighted by atomic mass is 79.9. The quantitative estimate of drug-likeness (QED) is 0.261. The molecule has 0 aromatic heterocycles. The highest BCUT2D eigenvalue weighted by molar-refractivity contribution is 9.10. The average molecular weight is 517 g/mol. The van der Waals surface area contributed by atoms with Crippen LogP contribution in [0.25, 0.3) is 11.6 Å². The Hall–Kier alpha value is -2.62. The van der Waals surface area contributed by atoms with Crippen molar-refractivity contribution in [3.05, 3.63) is 92.1 Å². The fourth-order valence-corrected chi connectivity index (χ4v) is 3.37. The number of benzene rings is 3. The fraction of sp³-hybridized carbons (Fsp3) is 0.0870. The van der Waals surface area contributed by atoms with Gasteiger partial charge in [0.2, 0.25) is 0 Å². The van der Waals surface area contributed by atoms with Gasteiger partial charge in [-0.25, -0.2) is 4.39 Å². The number of nitriles is 1. The molecule has 0 unspecified atom stereocenters. The third-order valence-corrected chi connectivity index (χ3v) is 5.36. The van der Waals surface area contributed by atoms with Crippen LogP contribution in [0, 0.1) is 17.1 Å². The number of hydrogen-bond acceptors (Lipinski definition) is 3. The van der Waals surface area contributed by atoms with Crippen molar-refractivity contribution in [2.45, 2.75) is 6.61 Å². The summed E-state index contributed by atoms with van der Waals surface area (Å²) in [6.45, 7) is 0.387. The van der Waals surface area contributed by atoms with Gasteiger partial charge in [0.1, 0.15) is 12.4 Å². The van der Waals surface area contributed by atoms with Gasteiger partial charge in [0.25, 0.3) is 0 Å². The molecule has 0 N–H and O–H groups in total. The maximum absolute atomic E-state index is 13.5. The van der Waals surface area contributed by atoms with Crippen molar-refractivity contribution in [3.63, 3.8) is 0 Å². The van der Waals surface area contributed by atoms with Crippen molar-refractivity contribution >= 4 is 43.5 Å². The molecule has 0 atom stereocenters. The maximum atomic E-state index is 13.5. The number of hydrogen-bond donors (Lipinski definition) is 0.